The van der Waals surface area contributed by atoms with Gasteiger partial charge in [-0.25, -0.2) is 4.98 Å². The van der Waals surface area contributed by atoms with Crippen LogP contribution in [0, 0.1) is 6.92 Å². The molecule has 7 rings (SSSR count). The summed E-state index contributed by atoms with van der Waals surface area (Å²) in [5.41, 5.74) is 6.60. The number of fused-ring (bicyclic) bond motifs is 5. The molecular formula is C30H22N2O3. The lowest BCUT2D eigenvalue weighted by molar-refractivity contribution is -0.122. The Morgan fingerprint density at radius 3 is 2.57 bits per heavy atom. The molecule has 1 spiro atoms. The molecule has 0 fully saturated rings. The number of hydrogen-bond donors (Lipinski definition) is 0. The predicted molar refractivity (Wildman–Crippen MR) is 135 cm³/mol. The maximum atomic E-state index is 14.3. The standard InChI is InChI=1S/C30H22N2O3/c1-19-31-25-16-27-24(15-28(25)35-19)30(18-34-27)23-13-7-8-14-26(23)32(29(30)33)17-21-11-5-6-12-22(21)20-9-3-2-4-10-20/h2-16H,17-18H2,1H3. The number of hydrogen-bond acceptors (Lipinski definition) is 4. The molecular weight excluding hydrogens is 436 g/mol. The Balaban J connectivity index is 1.37. The Morgan fingerprint density at radius 2 is 1.69 bits per heavy atom. The van der Waals surface area contributed by atoms with Crippen LogP contribution >= 0.6 is 0 Å². The van der Waals surface area contributed by atoms with Crippen molar-refractivity contribution >= 4 is 22.7 Å². The van der Waals surface area contributed by atoms with Gasteiger partial charge in [0.15, 0.2) is 11.5 Å². The molecule has 1 aromatic heterocycles. The summed E-state index contributed by atoms with van der Waals surface area (Å²) in [5.74, 6) is 1.31. The third kappa shape index (κ3) is 2.81. The molecule has 0 radical (unpaired) electrons. The first-order chi connectivity index (χ1) is 17.1. The van der Waals surface area contributed by atoms with E-state index in [2.05, 4.69) is 29.2 Å². The minimum absolute atomic E-state index is 0.0240. The first-order valence-corrected chi connectivity index (χ1v) is 11.7. The van der Waals surface area contributed by atoms with Gasteiger partial charge in [0, 0.05) is 24.2 Å². The van der Waals surface area contributed by atoms with Crippen LogP contribution in [-0.2, 0) is 16.8 Å². The zero-order valence-electron chi connectivity index (χ0n) is 19.2. The van der Waals surface area contributed by atoms with Crippen LogP contribution in [0.5, 0.6) is 5.75 Å². The molecule has 3 heterocycles. The van der Waals surface area contributed by atoms with E-state index in [1.54, 1.807) is 0 Å². The smallest absolute Gasteiger partial charge is 0.246 e. The second-order valence-electron chi connectivity index (χ2n) is 9.17. The zero-order valence-corrected chi connectivity index (χ0v) is 19.2. The van der Waals surface area contributed by atoms with Crippen LogP contribution in [0.3, 0.4) is 0 Å². The fourth-order valence-corrected chi connectivity index (χ4v) is 5.60. The van der Waals surface area contributed by atoms with E-state index in [9.17, 15) is 4.79 Å². The number of benzene rings is 4. The molecule has 5 aromatic rings. The highest BCUT2D eigenvalue weighted by atomic mass is 16.5. The molecule has 1 atom stereocenters. The van der Waals surface area contributed by atoms with Crippen molar-refractivity contribution in [2.75, 3.05) is 11.5 Å². The number of nitrogens with zero attached hydrogens (tertiary/aromatic N) is 2. The number of oxazole rings is 1. The van der Waals surface area contributed by atoms with Gasteiger partial charge >= 0.3 is 0 Å². The van der Waals surface area contributed by atoms with Crippen molar-refractivity contribution in [2.24, 2.45) is 0 Å². The molecule has 0 saturated carbocycles. The number of carbonyl (C=O) groups excluding carboxylic acids is 1. The molecule has 2 aliphatic heterocycles. The Kier molecular flexibility index (Phi) is 4.18. The normalized spacial score (nSPS) is 18.2. The highest BCUT2D eigenvalue weighted by Gasteiger charge is 2.57. The summed E-state index contributed by atoms with van der Waals surface area (Å²) in [5, 5.41) is 0. The molecule has 5 heteroatoms. The summed E-state index contributed by atoms with van der Waals surface area (Å²) in [6, 6.07) is 30.5. The number of rotatable bonds is 3. The van der Waals surface area contributed by atoms with Crippen molar-refractivity contribution < 1.29 is 13.9 Å². The molecule has 2 aliphatic rings. The highest BCUT2D eigenvalue weighted by Crippen LogP contribution is 2.53. The lowest BCUT2D eigenvalue weighted by Gasteiger charge is -2.24. The number of carbonyl (C=O) groups is 1. The third-order valence-electron chi connectivity index (χ3n) is 7.20. The number of anilines is 1. The molecule has 1 amide bonds. The molecule has 4 aromatic carbocycles. The minimum Gasteiger partial charge on any atom is -0.491 e. The molecule has 0 saturated heterocycles. The van der Waals surface area contributed by atoms with E-state index in [1.165, 1.54) is 0 Å². The van der Waals surface area contributed by atoms with E-state index in [4.69, 9.17) is 9.15 Å². The van der Waals surface area contributed by atoms with Gasteiger partial charge in [0.1, 0.15) is 23.3 Å². The summed E-state index contributed by atoms with van der Waals surface area (Å²) in [6.45, 7) is 2.56. The summed E-state index contributed by atoms with van der Waals surface area (Å²) in [7, 11) is 0. The number of ether oxygens (including phenoxy) is 1. The quantitative estimate of drug-likeness (QED) is 0.331. The first kappa shape index (κ1) is 20.0. The number of aromatic nitrogens is 1. The number of para-hydroxylation sites is 1. The lowest BCUT2D eigenvalue weighted by Crippen LogP contribution is -2.42. The van der Waals surface area contributed by atoms with Crippen LogP contribution < -0.4 is 9.64 Å². The lowest BCUT2D eigenvalue weighted by atomic mass is 9.77. The van der Waals surface area contributed by atoms with Crippen LogP contribution in [0.2, 0.25) is 0 Å². The van der Waals surface area contributed by atoms with Crippen LogP contribution in [0.15, 0.2) is 95.4 Å². The van der Waals surface area contributed by atoms with E-state index in [0.717, 1.165) is 39.0 Å². The van der Waals surface area contributed by atoms with Gasteiger partial charge in [-0.1, -0.05) is 72.8 Å². The molecule has 0 bridgehead atoms. The van der Waals surface area contributed by atoms with Gasteiger partial charge in [-0.3, -0.25) is 4.79 Å². The maximum absolute atomic E-state index is 14.3. The fraction of sp³-hybridized carbons (Fsp3) is 0.133. The van der Waals surface area contributed by atoms with E-state index in [-0.39, 0.29) is 12.5 Å². The number of amides is 1. The molecule has 0 aliphatic carbocycles. The minimum atomic E-state index is -0.900. The zero-order chi connectivity index (χ0) is 23.6. The largest absolute Gasteiger partial charge is 0.491 e. The molecule has 170 valence electrons. The third-order valence-corrected chi connectivity index (χ3v) is 7.20. The summed E-state index contributed by atoms with van der Waals surface area (Å²) in [4.78, 5) is 20.7. The van der Waals surface area contributed by atoms with Gasteiger partial charge in [-0.05, 0) is 34.4 Å². The van der Waals surface area contributed by atoms with Crippen molar-refractivity contribution in [3.63, 3.8) is 0 Å². The predicted octanol–water partition coefficient (Wildman–Crippen LogP) is 6.03. The summed E-state index contributed by atoms with van der Waals surface area (Å²) >= 11 is 0. The second kappa shape index (κ2) is 7.31. The van der Waals surface area contributed by atoms with Crippen molar-refractivity contribution in [3.05, 3.63) is 114 Å². The van der Waals surface area contributed by atoms with E-state index in [1.807, 2.05) is 78.6 Å². The van der Waals surface area contributed by atoms with E-state index < -0.39 is 5.41 Å². The van der Waals surface area contributed by atoms with E-state index >= 15 is 0 Å². The molecule has 35 heavy (non-hydrogen) atoms. The Bertz CT molecular complexity index is 1620. The van der Waals surface area contributed by atoms with Crippen LogP contribution in [0.25, 0.3) is 22.2 Å². The molecule has 0 N–H and O–H groups in total. The first-order valence-electron chi connectivity index (χ1n) is 11.7. The van der Waals surface area contributed by atoms with Gasteiger partial charge in [0.25, 0.3) is 0 Å². The fourth-order valence-electron chi connectivity index (χ4n) is 5.60. The monoisotopic (exact) mass is 458 g/mol. The van der Waals surface area contributed by atoms with Gasteiger partial charge < -0.3 is 14.1 Å². The van der Waals surface area contributed by atoms with Gasteiger partial charge in [-0.2, -0.15) is 0 Å². The van der Waals surface area contributed by atoms with Gasteiger partial charge in [-0.15, -0.1) is 0 Å². The SMILES string of the molecule is Cc1nc2cc3c(cc2o1)C1(CO3)C(=O)N(Cc2ccccc2-c2ccccc2)c2ccccc21. The van der Waals surface area contributed by atoms with Crippen LogP contribution in [-0.4, -0.2) is 17.5 Å². The average Bonchev–Trinajstić information content (AvgIpc) is 3.52. The highest BCUT2D eigenvalue weighted by molar-refractivity contribution is 6.12. The van der Waals surface area contributed by atoms with Crippen LogP contribution in [0.1, 0.15) is 22.6 Å². The Labute approximate surface area is 202 Å². The second-order valence-corrected chi connectivity index (χ2v) is 9.17. The van der Waals surface area contributed by atoms with Crippen molar-refractivity contribution in [1.82, 2.24) is 4.98 Å². The van der Waals surface area contributed by atoms with E-state index in [0.29, 0.717) is 23.8 Å². The van der Waals surface area contributed by atoms with Crippen molar-refractivity contribution in [3.8, 4) is 16.9 Å². The van der Waals surface area contributed by atoms with Gasteiger partial charge in [0.2, 0.25) is 5.91 Å². The topological polar surface area (TPSA) is 55.6 Å². The van der Waals surface area contributed by atoms with Crippen molar-refractivity contribution in [2.45, 2.75) is 18.9 Å². The summed E-state index contributed by atoms with van der Waals surface area (Å²) in [6.07, 6.45) is 0. The number of aryl methyl sites for hydroxylation is 1. The Morgan fingerprint density at radius 1 is 0.914 bits per heavy atom. The van der Waals surface area contributed by atoms with Gasteiger partial charge in [0.05, 0.1) is 6.54 Å². The average molecular weight is 459 g/mol. The maximum Gasteiger partial charge on any atom is 0.246 e. The van der Waals surface area contributed by atoms with Crippen LogP contribution in [0.4, 0.5) is 5.69 Å². The summed E-state index contributed by atoms with van der Waals surface area (Å²) < 4.78 is 12.0. The van der Waals surface area contributed by atoms with Crippen molar-refractivity contribution in [1.29, 1.82) is 0 Å². The Hall–Kier alpha value is -4.38. The molecule has 1 unspecified atom stereocenters. The molecule has 5 nitrogen and oxygen atoms in total.